The number of hydrogen-bond acceptors (Lipinski definition) is 8. The van der Waals surface area contributed by atoms with E-state index in [2.05, 4.69) is 6.58 Å². The molecule has 0 aliphatic carbocycles. The van der Waals surface area contributed by atoms with E-state index in [1.54, 1.807) is 121 Å². The monoisotopic (exact) mass is 578 g/mol. The molecule has 0 radical (unpaired) electrons. The van der Waals surface area contributed by atoms with Crippen LogP contribution < -0.4 is 4.74 Å². The molecule has 0 bridgehead atoms. The van der Waals surface area contributed by atoms with Crippen molar-refractivity contribution in [1.82, 2.24) is 0 Å². The van der Waals surface area contributed by atoms with Gasteiger partial charge in [-0.15, -0.1) is 0 Å². The third kappa shape index (κ3) is 8.27. The fourth-order valence-electron chi connectivity index (χ4n) is 4.07. The summed E-state index contributed by atoms with van der Waals surface area (Å²) in [5.41, 5.74) is -1.22. The molecule has 8 heteroatoms. The van der Waals surface area contributed by atoms with Crippen LogP contribution in [0.3, 0.4) is 0 Å². The Bertz CT molecular complexity index is 1400. The van der Waals surface area contributed by atoms with Crippen molar-refractivity contribution in [3.8, 4) is 5.75 Å². The van der Waals surface area contributed by atoms with Gasteiger partial charge in [-0.2, -0.15) is 0 Å². The molecule has 0 unspecified atom stereocenters. The van der Waals surface area contributed by atoms with Crippen LogP contribution in [0, 0.1) is 5.41 Å². The molecule has 4 rings (SSSR count). The fraction of sp³-hybridized carbons (Fsp3) is 0.143. The molecule has 0 saturated carbocycles. The van der Waals surface area contributed by atoms with Gasteiger partial charge in [0.15, 0.2) is 0 Å². The van der Waals surface area contributed by atoms with Crippen LogP contribution in [0.15, 0.2) is 133 Å². The van der Waals surface area contributed by atoms with Gasteiger partial charge in [-0.25, -0.2) is 4.79 Å². The van der Waals surface area contributed by atoms with Gasteiger partial charge in [-0.05, 0) is 28.8 Å². The molecular weight excluding hydrogens is 548 g/mol. The number of carbonyl (C=O) groups is 4. The number of ether oxygens (including phenoxy) is 4. The number of hydrogen-bond donors (Lipinski definition) is 0. The summed E-state index contributed by atoms with van der Waals surface area (Å²) in [5, 5.41) is 0. The van der Waals surface area contributed by atoms with Crippen LogP contribution in [0.5, 0.6) is 5.75 Å². The second-order valence-electron chi connectivity index (χ2n) is 9.57. The Hall–Kier alpha value is -5.50. The zero-order chi connectivity index (χ0) is 30.5. The highest BCUT2D eigenvalue weighted by Crippen LogP contribution is 2.34. The maximum absolute atomic E-state index is 13.8. The summed E-state index contributed by atoms with van der Waals surface area (Å²) in [7, 11) is 0. The molecule has 4 aromatic rings. The summed E-state index contributed by atoms with van der Waals surface area (Å²) in [4.78, 5) is 54.5. The molecule has 0 aromatic heterocycles. The second-order valence-corrected chi connectivity index (χ2v) is 9.57. The van der Waals surface area contributed by atoms with Crippen LogP contribution in [-0.2, 0) is 53.2 Å². The normalized spacial score (nSPS) is 10.7. The molecule has 218 valence electrons. The first-order valence-electron chi connectivity index (χ1n) is 13.5. The molecule has 0 amide bonds. The van der Waals surface area contributed by atoms with Gasteiger partial charge >= 0.3 is 23.9 Å². The van der Waals surface area contributed by atoms with Gasteiger partial charge in [0.1, 0.15) is 25.6 Å². The van der Waals surface area contributed by atoms with Gasteiger partial charge in [0.2, 0.25) is 0 Å². The van der Waals surface area contributed by atoms with E-state index in [0.29, 0.717) is 16.7 Å². The largest absolute Gasteiger partial charge is 0.460 e. The van der Waals surface area contributed by atoms with Gasteiger partial charge < -0.3 is 18.9 Å². The van der Waals surface area contributed by atoms with E-state index in [0.717, 1.165) is 0 Å². The molecule has 0 N–H and O–H groups in total. The first kappa shape index (κ1) is 30.5. The number of para-hydroxylation sites is 1. The van der Waals surface area contributed by atoms with Crippen LogP contribution in [0.25, 0.3) is 0 Å². The van der Waals surface area contributed by atoms with Crippen LogP contribution in [0.4, 0.5) is 0 Å². The molecule has 0 spiro atoms. The Morgan fingerprint density at radius 2 is 0.837 bits per heavy atom. The first-order valence-corrected chi connectivity index (χ1v) is 13.5. The molecule has 8 nitrogen and oxygen atoms in total. The molecule has 0 fully saturated rings. The van der Waals surface area contributed by atoms with Gasteiger partial charge in [0.05, 0.1) is 0 Å². The van der Waals surface area contributed by atoms with E-state index in [9.17, 15) is 19.2 Å². The van der Waals surface area contributed by atoms with Crippen LogP contribution in [-0.4, -0.2) is 23.9 Å². The maximum Gasteiger partial charge on any atom is 0.338 e. The lowest BCUT2D eigenvalue weighted by atomic mass is 9.81. The van der Waals surface area contributed by atoms with Crippen LogP contribution >= 0.6 is 0 Å². The fourth-order valence-corrected chi connectivity index (χ4v) is 4.07. The maximum atomic E-state index is 13.8. The van der Waals surface area contributed by atoms with Crippen molar-refractivity contribution in [3.63, 3.8) is 0 Å². The summed E-state index contributed by atoms with van der Waals surface area (Å²) in [5.74, 6) is -4.48. The molecule has 0 atom stereocenters. The summed E-state index contributed by atoms with van der Waals surface area (Å²) in [6.07, 6.45) is -0.798. The predicted octanol–water partition coefficient (Wildman–Crippen LogP) is 5.75. The molecule has 43 heavy (non-hydrogen) atoms. The van der Waals surface area contributed by atoms with Crippen molar-refractivity contribution in [2.24, 2.45) is 5.41 Å². The van der Waals surface area contributed by atoms with Crippen LogP contribution in [0.2, 0.25) is 0 Å². The van der Waals surface area contributed by atoms with E-state index in [1.165, 1.54) is 0 Å². The Balaban J connectivity index is 1.66. The number of rotatable bonds is 13. The Kier molecular flexibility index (Phi) is 10.6. The average Bonchev–Trinajstić information content (AvgIpc) is 3.05. The smallest absolute Gasteiger partial charge is 0.338 e. The lowest BCUT2D eigenvalue weighted by molar-refractivity contribution is -0.186. The highest BCUT2D eigenvalue weighted by molar-refractivity contribution is 6.19. The molecule has 0 heterocycles. The van der Waals surface area contributed by atoms with Gasteiger partial charge in [0, 0.05) is 12.0 Å². The number of esters is 4. The van der Waals surface area contributed by atoms with Crippen molar-refractivity contribution in [1.29, 1.82) is 0 Å². The van der Waals surface area contributed by atoms with Crippen molar-refractivity contribution in [3.05, 3.63) is 150 Å². The Morgan fingerprint density at radius 1 is 0.512 bits per heavy atom. The summed E-state index contributed by atoms with van der Waals surface area (Å²) in [6.45, 7) is 2.99. The average molecular weight is 579 g/mol. The lowest BCUT2D eigenvalue weighted by Crippen LogP contribution is -2.50. The van der Waals surface area contributed by atoms with Crippen molar-refractivity contribution in [2.45, 2.75) is 26.2 Å². The minimum absolute atomic E-state index is 0.212. The van der Waals surface area contributed by atoms with E-state index in [1.807, 2.05) is 0 Å². The Labute approximate surface area is 249 Å². The topological polar surface area (TPSA) is 105 Å². The predicted molar refractivity (Wildman–Crippen MR) is 157 cm³/mol. The first-order chi connectivity index (χ1) is 20.9. The molecule has 0 saturated heterocycles. The molecule has 0 aliphatic rings. The highest BCUT2D eigenvalue weighted by atomic mass is 16.6. The SMILES string of the molecule is C=C(CC(C(=O)OCc1ccccc1)(C(=O)OCc1ccccc1)C(=O)OCc1ccccc1)C(=O)Oc1ccccc1. The highest BCUT2D eigenvalue weighted by Gasteiger charge is 2.58. The zero-order valence-electron chi connectivity index (χ0n) is 23.3. The Morgan fingerprint density at radius 3 is 1.19 bits per heavy atom. The van der Waals surface area contributed by atoms with Gasteiger partial charge in [-0.3, -0.25) is 14.4 Å². The van der Waals surface area contributed by atoms with E-state index in [4.69, 9.17) is 18.9 Å². The van der Waals surface area contributed by atoms with Crippen LogP contribution in [0.1, 0.15) is 23.1 Å². The quantitative estimate of drug-likeness (QED) is 0.0649. The second kappa shape index (κ2) is 14.9. The lowest BCUT2D eigenvalue weighted by Gasteiger charge is -2.28. The number of benzene rings is 4. The van der Waals surface area contributed by atoms with E-state index >= 15 is 0 Å². The minimum atomic E-state index is -2.72. The van der Waals surface area contributed by atoms with Gasteiger partial charge in [-0.1, -0.05) is 116 Å². The third-order valence-corrected chi connectivity index (χ3v) is 6.40. The van der Waals surface area contributed by atoms with Gasteiger partial charge in [0.25, 0.3) is 5.41 Å². The summed E-state index contributed by atoms with van der Waals surface area (Å²) >= 11 is 0. The standard InChI is InChI=1S/C35H30O8/c1-26(31(36)43-30-20-12-5-13-21-30)22-35(32(37)40-23-27-14-6-2-7-15-27,33(38)41-24-28-16-8-3-9-17-28)34(39)42-25-29-18-10-4-11-19-29/h2-21H,1,22-25H2. The van der Waals surface area contributed by atoms with E-state index < -0.39 is 35.7 Å². The van der Waals surface area contributed by atoms with Crippen molar-refractivity contribution in [2.75, 3.05) is 0 Å². The summed E-state index contributed by atoms with van der Waals surface area (Å²) in [6, 6.07) is 34.3. The molecular formula is C35H30O8. The van der Waals surface area contributed by atoms with Crippen molar-refractivity contribution < 1.29 is 38.1 Å². The third-order valence-electron chi connectivity index (χ3n) is 6.40. The molecule has 4 aromatic carbocycles. The number of carbonyl (C=O) groups excluding carboxylic acids is 4. The molecule has 0 aliphatic heterocycles. The van der Waals surface area contributed by atoms with Crippen molar-refractivity contribution >= 4 is 23.9 Å². The van der Waals surface area contributed by atoms with E-state index in [-0.39, 0.29) is 31.1 Å². The summed E-state index contributed by atoms with van der Waals surface area (Å²) < 4.78 is 21.9. The minimum Gasteiger partial charge on any atom is -0.460 e. The zero-order valence-corrected chi connectivity index (χ0v) is 23.3.